The van der Waals surface area contributed by atoms with Crippen LogP contribution < -0.4 is 25.7 Å². The summed E-state index contributed by atoms with van der Waals surface area (Å²) >= 11 is 0. The predicted octanol–water partition coefficient (Wildman–Crippen LogP) is 6.66. The molecule has 260 valence electrons. The van der Waals surface area contributed by atoms with E-state index in [0.717, 1.165) is 44.2 Å². The topological polar surface area (TPSA) is 130 Å². The number of nitrogens with zero attached hydrogens (tertiary/aromatic N) is 2. The Morgan fingerprint density at radius 2 is 1.38 bits per heavy atom. The first-order valence-electron chi connectivity index (χ1n) is 17.1. The van der Waals surface area contributed by atoms with E-state index in [1.54, 1.807) is 25.3 Å². The standard InChI is InChI=1S/C36H56N4O6Si/c1-9-25-13-10-15-39(25)35(42)28-20-32(43-6)33(22-30(28)38)45-18-12-17-44-31-21-29(37)27(19-24(31)2)34(41)40-16-11-14-26(40)23-46-47(7,8)36(3,4)5/h19-22,25-26H,9-18,23,37-38H2,1-8H3/t25-,26+/m1/s1. The molecule has 4 N–H and O–H groups in total. The Morgan fingerprint density at radius 3 is 1.96 bits per heavy atom. The largest absolute Gasteiger partial charge is 0.493 e. The summed E-state index contributed by atoms with van der Waals surface area (Å²) in [6, 6.07) is 7.20. The molecule has 2 aromatic carbocycles. The quantitative estimate of drug-likeness (QED) is 0.138. The lowest BCUT2D eigenvalue weighted by Crippen LogP contribution is -2.46. The van der Waals surface area contributed by atoms with Crippen LogP contribution in [0.5, 0.6) is 17.2 Å². The van der Waals surface area contributed by atoms with Gasteiger partial charge in [-0.3, -0.25) is 9.59 Å². The van der Waals surface area contributed by atoms with Crippen molar-refractivity contribution in [3.8, 4) is 17.2 Å². The molecule has 0 aromatic heterocycles. The minimum atomic E-state index is -1.92. The van der Waals surface area contributed by atoms with Crippen LogP contribution in [-0.4, -0.2) is 82.0 Å². The molecule has 0 aliphatic carbocycles. The first kappa shape index (κ1) is 36.4. The molecule has 2 fully saturated rings. The lowest BCUT2D eigenvalue weighted by Gasteiger charge is -2.38. The molecule has 2 saturated heterocycles. The third kappa shape index (κ3) is 8.35. The first-order chi connectivity index (χ1) is 22.2. The van der Waals surface area contributed by atoms with Gasteiger partial charge in [-0.1, -0.05) is 27.7 Å². The highest BCUT2D eigenvalue weighted by Crippen LogP contribution is 2.38. The van der Waals surface area contributed by atoms with Gasteiger partial charge in [0.1, 0.15) is 5.75 Å². The van der Waals surface area contributed by atoms with Gasteiger partial charge in [-0.05, 0) is 74.9 Å². The molecule has 2 aliphatic heterocycles. The molecule has 0 spiro atoms. The van der Waals surface area contributed by atoms with Crippen LogP contribution >= 0.6 is 0 Å². The third-order valence-electron chi connectivity index (χ3n) is 10.1. The second-order valence-corrected chi connectivity index (χ2v) is 19.2. The van der Waals surface area contributed by atoms with Crippen LogP contribution in [0.15, 0.2) is 24.3 Å². The van der Waals surface area contributed by atoms with Crippen molar-refractivity contribution in [2.24, 2.45) is 0 Å². The van der Waals surface area contributed by atoms with Gasteiger partial charge in [0.25, 0.3) is 11.8 Å². The number of carbonyl (C=O) groups excluding carboxylic acids is 2. The Labute approximate surface area is 282 Å². The molecule has 2 amide bonds. The van der Waals surface area contributed by atoms with Crippen molar-refractivity contribution in [1.82, 2.24) is 9.80 Å². The van der Waals surface area contributed by atoms with Gasteiger partial charge >= 0.3 is 0 Å². The normalized spacial score (nSPS) is 18.5. The highest BCUT2D eigenvalue weighted by molar-refractivity contribution is 6.74. The summed E-state index contributed by atoms with van der Waals surface area (Å²) in [5.74, 6) is 1.46. The van der Waals surface area contributed by atoms with Gasteiger partial charge in [-0.2, -0.15) is 0 Å². The van der Waals surface area contributed by atoms with Gasteiger partial charge in [0, 0.05) is 49.1 Å². The Morgan fingerprint density at radius 1 is 0.851 bits per heavy atom. The van der Waals surface area contributed by atoms with E-state index in [0.29, 0.717) is 72.5 Å². The lowest BCUT2D eigenvalue weighted by atomic mass is 10.1. The Balaban J connectivity index is 1.31. The van der Waals surface area contributed by atoms with E-state index in [9.17, 15) is 9.59 Å². The number of likely N-dealkylation sites (tertiary alicyclic amines) is 2. The maximum absolute atomic E-state index is 13.6. The molecule has 10 nitrogen and oxygen atoms in total. The smallest absolute Gasteiger partial charge is 0.256 e. The number of nitrogen functional groups attached to an aromatic ring is 2. The number of nitrogens with two attached hydrogens (primary N) is 2. The predicted molar refractivity (Wildman–Crippen MR) is 190 cm³/mol. The molecule has 4 rings (SSSR count). The number of anilines is 2. The molecule has 2 heterocycles. The zero-order chi connectivity index (χ0) is 34.5. The fraction of sp³-hybridized carbons (Fsp3) is 0.611. The summed E-state index contributed by atoms with van der Waals surface area (Å²) in [7, 11) is -0.367. The van der Waals surface area contributed by atoms with Crippen LogP contribution in [0.3, 0.4) is 0 Å². The van der Waals surface area contributed by atoms with Crippen molar-refractivity contribution in [1.29, 1.82) is 0 Å². The Hall–Kier alpha value is -3.44. The van der Waals surface area contributed by atoms with Gasteiger partial charge in [0.05, 0.1) is 44.1 Å². The molecule has 2 aromatic rings. The van der Waals surface area contributed by atoms with Crippen LogP contribution in [0.25, 0.3) is 0 Å². The van der Waals surface area contributed by atoms with Gasteiger partial charge in [-0.15, -0.1) is 0 Å². The van der Waals surface area contributed by atoms with E-state index in [4.69, 9.17) is 30.1 Å². The molecule has 2 atom stereocenters. The summed E-state index contributed by atoms with van der Waals surface area (Å²) in [5.41, 5.74) is 15.3. The number of hydrogen-bond donors (Lipinski definition) is 2. The van der Waals surface area contributed by atoms with Crippen LogP contribution in [0, 0.1) is 6.92 Å². The minimum absolute atomic E-state index is 0.0522. The van der Waals surface area contributed by atoms with E-state index in [1.807, 2.05) is 22.8 Å². The van der Waals surface area contributed by atoms with Gasteiger partial charge in [0.2, 0.25) is 0 Å². The van der Waals surface area contributed by atoms with Gasteiger partial charge in [0.15, 0.2) is 19.8 Å². The van der Waals surface area contributed by atoms with Crippen LogP contribution in [0.2, 0.25) is 18.1 Å². The molecule has 0 bridgehead atoms. The number of amides is 2. The van der Waals surface area contributed by atoms with Gasteiger partial charge < -0.3 is 39.9 Å². The molecule has 11 heteroatoms. The van der Waals surface area contributed by atoms with Crippen molar-refractivity contribution >= 4 is 31.5 Å². The number of carbonyl (C=O) groups is 2. The van der Waals surface area contributed by atoms with Crippen LogP contribution in [0.1, 0.15) is 92.5 Å². The number of aryl methyl sites for hydroxylation is 1. The summed E-state index contributed by atoms with van der Waals surface area (Å²) in [5, 5.41) is 0.115. The SMILES string of the molecule is CC[C@@H]1CCCN1C(=O)c1cc(OC)c(OCCCOc2cc(N)c(C(=O)N3CCC[C@H]3CO[Si](C)(C)C(C)(C)C)cc2C)cc1N. The summed E-state index contributed by atoms with van der Waals surface area (Å²) < 4.78 is 24.1. The van der Waals surface area contributed by atoms with E-state index in [1.165, 1.54) is 0 Å². The summed E-state index contributed by atoms with van der Waals surface area (Å²) in [6.07, 6.45) is 5.42. The maximum atomic E-state index is 13.6. The van der Waals surface area contributed by atoms with Crippen molar-refractivity contribution in [3.63, 3.8) is 0 Å². The molecule has 0 radical (unpaired) electrons. The molecular weight excluding hydrogens is 613 g/mol. The van der Waals surface area contributed by atoms with E-state index < -0.39 is 8.32 Å². The average Bonchev–Trinajstić information content (AvgIpc) is 3.70. The second kappa shape index (κ2) is 15.2. The number of rotatable bonds is 13. The molecule has 0 saturated carbocycles. The average molecular weight is 669 g/mol. The number of ether oxygens (including phenoxy) is 3. The van der Waals surface area contributed by atoms with Crippen molar-refractivity contribution in [2.45, 2.75) is 103 Å². The monoisotopic (exact) mass is 668 g/mol. The Bertz CT molecular complexity index is 1430. The first-order valence-corrected chi connectivity index (χ1v) is 20.0. The van der Waals surface area contributed by atoms with E-state index in [2.05, 4.69) is 40.8 Å². The molecule has 47 heavy (non-hydrogen) atoms. The van der Waals surface area contributed by atoms with Crippen molar-refractivity contribution < 1.29 is 28.2 Å². The van der Waals surface area contributed by atoms with Gasteiger partial charge in [-0.25, -0.2) is 0 Å². The maximum Gasteiger partial charge on any atom is 0.256 e. The van der Waals surface area contributed by atoms with E-state index in [-0.39, 0.29) is 28.9 Å². The summed E-state index contributed by atoms with van der Waals surface area (Å²) in [6.45, 7) is 17.9. The summed E-state index contributed by atoms with van der Waals surface area (Å²) in [4.78, 5) is 30.7. The zero-order valence-corrected chi connectivity index (χ0v) is 30.7. The zero-order valence-electron chi connectivity index (χ0n) is 29.7. The van der Waals surface area contributed by atoms with Crippen molar-refractivity contribution in [2.75, 3.05) is 51.5 Å². The molecule has 2 aliphatic rings. The lowest BCUT2D eigenvalue weighted by molar-refractivity contribution is 0.0684. The fourth-order valence-corrected chi connectivity index (χ4v) is 7.18. The highest BCUT2D eigenvalue weighted by atomic mass is 28.4. The third-order valence-corrected chi connectivity index (χ3v) is 14.6. The number of methoxy groups -OCH3 is 1. The number of hydrogen-bond acceptors (Lipinski definition) is 8. The van der Waals surface area contributed by atoms with Crippen molar-refractivity contribution in [3.05, 3.63) is 41.0 Å². The second-order valence-electron chi connectivity index (χ2n) is 14.4. The highest BCUT2D eigenvalue weighted by Gasteiger charge is 2.39. The minimum Gasteiger partial charge on any atom is -0.493 e. The number of benzene rings is 2. The Kier molecular flexibility index (Phi) is 11.8. The molecule has 0 unspecified atom stereocenters. The molecular formula is C36H56N4O6Si. The van der Waals surface area contributed by atoms with E-state index >= 15 is 0 Å². The van der Waals surface area contributed by atoms with Crippen LogP contribution in [-0.2, 0) is 4.43 Å². The fourth-order valence-electron chi connectivity index (χ4n) is 6.14. The van der Waals surface area contributed by atoms with Crippen LogP contribution in [0.4, 0.5) is 11.4 Å².